The minimum absolute atomic E-state index is 0.00669. The van der Waals surface area contributed by atoms with Crippen LogP contribution in [0, 0.1) is 5.92 Å². The van der Waals surface area contributed by atoms with Gasteiger partial charge in [0.1, 0.15) is 6.04 Å². The van der Waals surface area contributed by atoms with Crippen molar-refractivity contribution in [1.82, 2.24) is 10.2 Å². The number of halogens is 1. The summed E-state index contributed by atoms with van der Waals surface area (Å²) in [6.45, 7) is 6.47. The van der Waals surface area contributed by atoms with Crippen LogP contribution in [0.2, 0.25) is 4.34 Å². The molecule has 1 aliphatic heterocycles. The Labute approximate surface area is 134 Å². The molecule has 4 nitrogen and oxygen atoms in total. The number of thiophene rings is 1. The molecule has 116 valence electrons. The van der Waals surface area contributed by atoms with Crippen LogP contribution in [0.5, 0.6) is 0 Å². The van der Waals surface area contributed by atoms with Crippen molar-refractivity contribution in [2.75, 3.05) is 6.54 Å². The second kappa shape index (κ2) is 6.79. The molecular formula is C15H21ClN2O2S. The smallest absolute Gasteiger partial charge is 0.245 e. The van der Waals surface area contributed by atoms with Gasteiger partial charge in [-0.25, -0.2) is 0 Å². The number of hydrogen-bond acceptors (Lipinski definition) is 3. The molecular weight excluding hydrogens is 308 g/mol. The summed E-state index contributed by atoms with van der Waals surface area (Å²) in [5.41, 5.74) is 0. The third-order valence-electron chi connectivity index (χ3n) is 4.13. The van der Waals surface area contributed by atoms with Crippen molar-refractivity contribution in [2.45, 2.75) is 45.7 Å². The molecule has 2 amide bonds. The fourth-order valence-corrected chi connectivity index (χ4v) is 3.66. The molecule has 3 atom stereocenters. The number of rotatable bonds is 4. The molecule has 1 N–H and O–H groups in total. The molecule has 0 radical (unpaired) electrons. The second-order valence-electron chi connectivity index (χ2n) is 5.53. The number of hydrogen-bond donors (Lipinski definition) is 1. The van der Waals surface area contributed by atoms with E-state index in [4.69, 9.17) is 11.6 Å². The molecule has 21 heavy (non-hydrogen) atoms. The SMILES string of the molecule is CCC(C)C1NC(=O)CCN(C(C)c2ccc(Cl)s2)C1=O. The van der Waals surface area contributed by atoms with Crippen LogP contribution in [0.3, 0.4) is 0 Å². The minimum atomic E-state index is -0.428. The zero-order valence-corrected chi connectivity index (χ0v) is 14.1. The van der Waals surface area contributed by atoms with Gasteiger partial charge in [0.25, 0.3) is 0 Å². The number of amides is 2. The monoisotopic (exact) mass is 328 g/mol. The van der Waals surface area contributed by atoms with Gasteiger partial charge in [0.05, 0.1) is 10.4 Å². The van der Waals surface area contributed by atoms with E-state index < -0.39 is 6.04 Å². The molecule has 1 aromatic rings. The molecule has 6 heteroatoms. The van der Waals surface area contributed by atoms with Gasteiger partial charge in [-0.05, 0) is 25.0 Å². The summed E-state index contributed by atoms with van der Waals surface area (Å²) in [6.07, 6.45) is 1.20. The van der Waals surface area contributed by atoms with Gasteiger partial charge in [0, 0.05) is 17.8 Å². The fraction of sp³-hybridized carbons (Fsp3) is 0.600. The molecule has 1 aromatic heterocycles. The van der Waals surface area contributed by atoms with Crippen LogP contribution >= 0.6 is 22.9 Å². The van der Waals surface area contributed by atoms with Gasteiger partial charge in [-0.15, -0.1) is 11.3 Å². The summed E-state index contributed by atoms with van der Waals surface area (Å²) in [5, 5.41) is 2.87. The van der Waals surface area contributed by atoms with Crippen LogP contribution in [0.25, 0.3) is 0 Å². The summed E-state index contributed by atoms with van der Waals surface area (Å²) in [5.74, 6) is 0.0842. The predicted octanol–water partition coefficient (Wildman–Crippen LogP) is 3.23. The molecule has 0 saturated carbocycles. The maximum atomic E-state index is 12.8. The molecule has 1 fully saturated rings. The lowest BCUT2D eigenvalue weighted by Gasteiger charge is -2.31. The third kappa shape index (κ3) is 3.58. The van der Waals surface area contributed by atoms with E-state index in [9.17, 15) is 9.59 Å². The summed E-state index contributed by atoms with van der Waals surface area (Å²) in [6, 6.07) is 3.30. The number of nitrogens with one attached hydrogen (secondary N) is 1. The van der Waals surface area contributed by atoms with E-state index in [1.54, 1.807) is 4.90 Å². The topological polar surface area (TPSA) is 49.4 Å². The Bertz CT molecular complexity index is 531. The Morgan fingerprint density at radius 1 is 1.43 bits per heavy atom. The summed E-state index contributed by atoms with van der Waals surface area (Å²) in [4.78, 5) is 27.5. The molecule has 1 saturated heterocycles. The van der Waals surface area contributed by atoms with Crippen LogP contribution in [-0.2, 0) is 9.59 Å². The third-order valence-corrected chi connectivity index (χ3v) is 5.53. The Morgan fingerprint density at radius 3 is 2.71 bits per heavy atom. The first-order valence-electron chi connectivity index (χ1n) is 7.29. The van der Waals surface area contributed by atoms with Crippen molar-refractivity contribution in [3.05, 3.63) is 21.3 Å². The largest absolute Gasteiger partial charge is 0.344 e. The lowest BCUT2D eigenvalue weighted by Crippen LogP contribution is -2.48. The average Bonchev–Trinajstić information content (AvgIpc) is 2.83. The van der Waals surface area contributed by atoms with Crippen LogP contribution in [0.4, 0.5) is 0 Å². The highest BCUT2D eigenvalue weighted by molar-refractivity contribution is 7.16. The highest BCUT2D eigenvalue weighted by Crippen LogP contribution is 2.31. The molecule has 0 bridgehead atoms. The lowest BCUT2D eigenvalue weighted by atomic mass is 9.97. The summed E-state index contributed by atoms with van der Waals surface area (Å²) in [7, 11) is 0. The first kappa shape index (κ1) is 16.3. The summed E-state index contributed by atoms with van der Waals surface area (Å²) >= 11 is 7.47. The first-order chi connectivity index (χ1) is 9.93. The van der Waals surface area contributed by atoms with Crippen LogP contribution in [-0.4, -0.2) is 29.3 Å². The van der Waals surface area contributed by atoms with Gasteiger partial charge in [-0.2, -0.15) is 0 Å². The maximum Gasteiger partial charge on any atom is 0.245 e. The molecule has 2 rings (SSSR count). The van der Waals surface area contributed by atoms with Crippen molar-refractivity contribution in [3.63, 3.8) is 0 Å². The average molecular weight is 329 g/mol. The van der Waals surface area contributed by atoms with Crippen molar-refractivity contribution in [3.8, 4) is 0 Å². The first-order valence-corrected chi connectivity index (χ1v) is 8.48. The zero-order valence-electron chi connectivity index (χ0n) is 12.6. The molecule has 3 unspecified atom stereocenters. The second-order valence-corrected chi connectivity index (χ2v) is 7.28. The van der Waals surface area contributed by atoms with Gasteiger partial charge in [0.15, 0.2) is 0 Å². The molecule has 1 aliphatic rings. The minimum Gasteiger partial charge on any atom is -0.344 e. The van der Waals surface area contributed by atoms with E-state index in [1.165, 1.54) is 11.3 Å². The number of carbonyl (C=O) groups excluding carboxylic acids is 2. The fourth-order valence-electron chi connectivity index (χ4n) is 2.53. The molecule has 0 aliphatic carbocycles. The molecule has 0 aromatic carbocycles. The van der Waals surface area contributed by atoms with E-state index in [0.29, 0.717) is 17.3 Å². The Hall–Kier alpha value is -1.07. The van der Waals surface area contributed by atoms with E-state index in [-0.39, 0.29) is 23.8 Å². The standard InChI is InChI=1S/C15H21ClN2O2S/c1-4-9(2)14-15(20)18(8-7-13(19)17-14)10(3)11-5-6-12(16)21-11/h5-6,9-10,14H,4,7-8H2,1-3H3,(H,17,19). The lowest BCUT2D eigenvalue weighted by molar-refractivity contribution is -0.136. The predicted molar refractivity (Wildman–Crippen MR) is 85.5 cm³/mol. The maximum absolute atomic E-state index is 12.8. The van der Waals surface area contributed by atoms with Gasteiger partial charge < -0.3 is 10.2 Å². The van der Waals surface area contributed by atoms with Gasteiger partial charge in [-0.1, -0.05) is 31.9 Å². The van der Waals surface area contributed by atoms with Crippen molar-refractivity contribution in [2.24, 2.45) is 5.92 Å². The number of carbonyl (C=O) groups is 2. The van der Waals surface area contributed by atoms with E-state index in [2.05, 4.69) is 5.32 Å². The van der Waals surface area contributed by atoms with Crippen LogP contribution < -0.4 is 5.32 Å². The normalized spacial score (nSPS) is 22.7. The Morgan fingerprint density at radius 2 is 2.14 bits per heavy atom. The van der Waals surface area contributed by atoms with E-state index in [0.717, 1.165) is 11.3 Å². The number of nitrogens with zero attached hydrogens (tertiary/aromatic N) is 1. The highest BCUT2D eigenvalue weighted by Gasteiger charge is 2.35. The van der Waals surface area contributed by atoms with E-state index in [1.807, 2.05) is 32.9 Å². The van der Waals surface area contributed by atoms with Crippen LogP contribution in [0.1, 0.15) is 44.5 Å². The molecule has 0 spiro atoms. The Balaban J connectivity index is 2.24. The quantitative estimate of drug-likeness (QED) is 0.922. The van der Waals surface area contributed by atoms with Crippen molar-refractivity contribution in [1.29, 1.82) is 0 Å². The van der Waals surface area contributed by atoms with Crippen molar-refractivity contribution < 1.29 is 9.59 Å². The molecule has 2 heterocycles. The van der Waals surface area contributed by atoms with E-state index >= 15 is 0 Å². The van der Waals surface area contributed by atoms with Gasteiger partial charge in [-0.3, -0.25) is 9.59 Å². The Kier molecular flexibility index (Phi) is 5.27. The van der Waals surface area contributed by atoms with Crippen LogP contribution in [0.15, 0.2) is 12.1 Å². The van der Waals surface area contributed by atoms with Gasteiger partial charge in [0.2, 0.25) is 11.8 Å². The zero-order chi connectivity index (χ0) is 15.6. The highest BCUT2D eigenvalue weighted by atomic mass is 35.5. The summed E-state index contributed by atoms with van der Waals surface area (Å²) < 4.78 is 0.715. The van der Waals surface area contributed by atoms with Crippen molar-refractivity contribution >= 4 is 34.8 Å². The van der Waals surface area contributed by atoms with Gasteiger partial charge >= 0.3 is 0 Å².